The molecule has 63 heavy (non-hydrogen) atoms. The van der Waals surface area contributed by atoms with Gasteiger partial charge >= 0.3 is 0 Å². The number of hydrogen-bond acceptors (Lipinski definition) is 9. The summed E-state index contributed by atoms with van der Waals surface area (Å²) in [6.45, 7) is 6.09. The molecule has 6 aromatic rings. The molecule has 0 spiro atoms. The Morgan fingerprint density at radius 3 is 2.29 bits per heavy atom. The standard InChI is InChI=1S/C48H48ClN7O5S2/c1-53-27-29-55(30-28-53)26-7-24-51-48(57)47-46(43(34-54(47)2)37-16-18-39(49)19-17-37)38-9-6-8-36(32-38)13-12-35-14-20-40(21-15-35)52-63(60,61)42-22-23-44(45(33-42)56(58)59)50-25-31-62-41-10-4-3-5-11-41/h3-6,8-11,14-23,32-34,50,52H,7,24-31H2,1-2H3,(H,51,57). The third-order valence-electron chi connectivity index (χ3n) is 10.6. The second-order valence-electron chi connectivity index (χ2n) is 15.2. The molecule has 0 bridgehead atoms. The summed E-state index contributed by atoms with van der Waals surface area (Å²) in [6, 6.07) is 35.5. The van der Waals surface area contributed by atoms with Crippen molar-refractivity contribution in [2.75, 3.05) is 68.7 Å². The third kappa shape index (κ3) is 11.9. The van der Waals surface area contributed by atoms with E-state index in [1.807, 2.05) is 96.7 Å². The van der Waals surface area contributed by atoms with Crippen LogP contribution in [0.1, 0.15) is 28.0 Å². The molecule has 15 heteroatoms. The van der Waals surface area contributed by atoms with Gasteiger partial charge in [0.25, 0.3) is 21.6 Å². The number of aryl methyl sites for hydroxylation is 1. The molecule has 0 aliphatic carbocycles. The van der Waals surface area contributed by atoms with Crippen molar-refractivity contribution in [1.29, 1.82) is 0 Å². The number of nitrogens with zero attached hydrogens (tertiary/aromatic N) is 4. The topological polar surface area (TPSA) is 142 Å². The van der Waals surface area contributed by atoms with E-state index < -0.39 is 14.9 Å². The number of hydrogen-bond donors (Lipinski definition) is 3. The third-order valence-corrected chi connectivity index (χ3v) is 13.3. The van der Waals surface area contributed by atoms with Crippen LogP contribution >= 0.6 is 23.4 Å². The Morgan fingerprint density at radius 2 is 1.56 bits per heavy atom. The molecule has 3 N–H and O–H groups in total. The Bertz CT molecular complexity index is 2730. The van der Waals surface area contributed by atoms with Crippen LogP contribution in [0.25, 0.3) is 22.3 Å². The summed E-state index contributed by atoms with van der Waals surface area (Å²) in [4.78, 5) is 30.9. The highest BCUT2D eigenvalue weighted by atomic mass is 35.5. The van der Waals surface area contributed by atoms with E-state index in [1.165, 1.54) is 12.1 Å². The van der Waals surface area contributed by atoms with Gasteiger partial charge in [0.15, 0.2) is 0 Å². The number of anilines is 2. The van der Waals surface area contributed by atoms with E-state index in [0.29, 0.717) is 35.1 Å². The van der Waals surface area contributed by atoms with Gasteiger partial charge in [-0.25, -0.2) is 8.42 Å². The Kier molecular flexibility index (Phi) is 14.9. The Balaban J connectivity index is 1.04. The number of rotatable bonds is 16. The van der Waals surface area contributed by atoms with E-state index in [-0.39, 0.29) is 27.9 Å². The summed E-state index contributed by atoms with van der Waals surface area (Å²) in [5.41, 5.74) is 5.48. The van der Waals surface area contributed by atoms with Gasteiger partial charge in [-0.05, 0) is 104 Å². The van der Waals surface area contributed by atoms with Crippen LogP contribution in [0.15, 0.2) is 137 Å². The molecule has 1 aliphatic rings. The van der Waals surface area contributed by atoms with Crippen molar-refractivity contribution >= 4 is 56.4 Å². The zero-order valence-electron chi connectivity index (χ0n) is 35.0. The van der Waals surface area contributed by atoms with Gasteiger partial charge in [0.2, 0.25) is 0 Å². The average Bonchev–Trinajstić information content (AvgIpc) is 3.64. The molecule has 1 saturated heterocycles. The van der Waals surface area contributed by atoms with Gasteiger partial charge < -0.3 is 25.0 Å². The predicted molar refractivity (Wildman–Crippen MR) is 254 cm³/mol. The minimum atomic E-state index is -4.16. The monoisotopic (exact) mass is 901 g/mol. The molecule has 0 atom stereocenters. The number of amides is 1. The van der Waals surface area contributed by atoms with E-state index in [4.69, 9.17) is 11.6 Å². The number of thioether (sulfide) groups is 1. The summed E-state index contributed by atoms with van der Waals surface area (Å²) >= 11 is 7.86. The summed E-state index contributed by atoms with van der Waals surface area (Å²) in [5, 5.41) is 18.8. The number of carbonyl (C=O) groups is 1. The molecule has 7 rings (SSSR count). The molecule has 12 nitrogen and oxygen atoms in total. The van der Waals surface area contributed by atoms with Crippen LogP contribution in [0.4, 0.5) is 17.1 Å². The predicted octanol–water partition coefficient (Wildman–Crippen LogP) is 8.69. The van der Waals surface area contributed by atoms with Crippen molar-refractivity contribution in [2.24, 2.45) is 7.05 Å². The lowest BCUT2D eigenvalue weighted by Gasteiger charge is -2.32. The van der Waals surface area contributed by atoms with Crippen LogP contribution in [0.3, 0.4) is 0 Å². The first kappa shape index (κ1) is 45.0. The maximum atomic E-state index is 13.9. The molecule has 1 aliphatic heterocycles. The summed E-state index contributed by atoms with van der Waals surface area (Å²) in [6.07, 6.45) is 2.82. The molecule has 0 unspecified atom stereocenters. The van der Waals surface area contributed by atoms with Crippen LogP contribution in [0.2, 0.25) is 5.02 Å². The SMILES string of the molecule is CN1CCN(CCCNC(=O)c2c(-c3cccc(C#Cc4ccc(NS(=O)(=O)c5ccc(NCCSc6ccccc6)c([N+](=O)[O-])c5)cc4)c3)c(-c3ccc(Cl)cc3)cn2C)CC1. The summed E-state index contributed by atoms with van der Waals surface area (Å²) in [7, 11) is -0.140. The minimum Gasteiger partial charge on any atom is -0.379 e. The van der Waals surface area contributed by atoms with E-state index in [2.05, 4.69) is 44.0 Å². The van der Waals surface area contributed by atoms with E-state index in [9.17, 15) is 23.3 Å². The number of nitro benzene ring substituents is 1. The van der Waals surface area contributed by atoms with Gasteiger partial charge in [0.05, 0.1) is 9.82 Å². The molecule has 0 saturated carbocycles. The maximum absolute atomic E-state index is 13.9. The smallest absolute Gasteiger partial charge is 0.293 e. The first-order valence-electron chi connectivity index (χ1n) is 20.5. The van der Waals surface area contributed by atoms with Crippen LogP contribution in [0, 0.1) is 22.0 Å². The normalized spacial score (nSPS) is 13.2. The van der Waals surface area contributed by atoms with Crippen molar-refractivity contribution in [1.82, 2.24) is 19.7 Å². The second kappa shape index (κ2) is 20.9. The average molecular weight is 903 g/mol. The Hall–Kier alpha value is -6.08. The lowest BCUT2D eigenvalue weighted by Crippen LogP contribution is -2.45. The molecule has 1 aromatic heterocycles. The van der Waals surface area contributed by atoms with Gasteiger partial charge in [-0.1, -0.05) is 65.9 Å². The minimum absolute atomic E-state index is 0.157. The zero-order chi connectivity index (χ0) is 44.3. The van der Waals surface area contributed by atoms with Gasteiger partial charge in [-0.15, -0.1) is 11.8 Å². The second-order valence-corrected chi connectivity index (χ2v) is 18.5. The van der Waals surface area contributed by atoms with Gasteiger partial charge in [-0.2, -0.15) is 0 Å². The van der Waals surface area contributed by atoms with Crippen LogP contribution in [0.5, 0.6) is 0 Å². The number of nitro groups is 1. The van der Waals surface area contributed by atoms with Crippen LogP contribution in [-0.2, 0) is 17.1 Å². The zero-order valence-corrected chi connectivity index (χ0v) is 37.4. The quantitative estimate of drug-likeness (QED) is 0.0286. The molecule has 5 aromatic carbocycles. The van der Waals surface area contributed by atoms with Crippen LogP contribution < -0.4 is 15.4 Å². The first-order valence-corrected chi connectivity index (χ1v) is 23.4. The molecule has 1 fully saturated rings. The fraction of sp³-hybridized carbons (Fsp3) is 0.229. The molecule has 1 amide bonds. The van der Waals surface area contributed by atoms with E-state index in [0.717, 1.165) is 77.9 Å². The van der Waals surface area contributed by atoms with Gasteiger partial charge in [-0.3, -0.25) is 19.6 Å². The Morgan fingerprint density at radius 1 is 0.825 bits per heavy atom. The first-order chi connectivity index (χ1) is 30.4. The number of benzene rings is 5. The number of sulfonamides is 1. The van der Waals surface area contributed by atoms with Crippen molar-refractivity contribution in [3.8, 4) is 34.1 Å². The van der Waals surface area contributed by atoms with Crippen molar-refractivity contribution < 1.29 is 18.1 Å². The lowest BCUT2D eigenvalue weighted by molar-refractivity contribution is -0.384. The number of carbonyl (C=O) groups excluding carboxylic acids is 1. The van der Waals surface area contributed by atoms with Crippen molar-refractivity contribution in [3.05, 3.63) is 159 Å². The molecular formula is C48H48ClN7O5S2. The maximum Gasteiger partial charge on any atom is 0.293 e. The van der Waals surface area contributed by atoms with Gasteiger partial charge in [0, 0.05) is 102 Å². The molecule has 324 valence electrons. The summed E-state index contributed by atoms with van der Waals surface area (Å²) < 4.78 is 31.1. The highest BCUT2D eigenvalue weighted by Gasteiger charge is 2.24. The summed E-state index contributed by atoms with van der Waals surface area (Å²) in [5.74, 6) is 6.88. The number of likely N-dealkylation sites (N-methyl/N-ethyl adjacent to an activating group) is 1. The number of piperazine rings is 1. The molecule has 0 radical (unpaired) electrons. The number of nitrogens with one attached hydrogen (secondary N) is 3. The lowest BCUT2D eigenvalue weighted by atomic mass is 9.95. The van der Waals surface area contributed by atoms with Gasteiger partial charge in [0.1, 0.15) is 11.4 Å². The molecule has 2 heterocycles. The molecular weight excluding hydrogens is 854 g/mol. The largest absolute Gasteiger partial charge is 0.379 e. The number of aromatic nitrogens is 1. The van der Waals surface area contributed by atoms with E-state index in [1.54, 1.807) is 36.0 Å². The van der Waals surface area contributed by atoms with Crippen molar-refractivity contribution in [2.45, 2.75) is 16.2 Å². The van der Waals surface area contributed by atoms with Crippen LogP contribution in [-0.4, -0.2) is 92.2 Å². The fourth-order valence-corrected chi connectivity index (χ4v) is 9.28. The highest BCUT2D eigenvalue weighted by Crippen LogP contribution is 2.37. The number of halogens is 1. The Labute approximate surface area is 377 Å². The van der Waals surface area contributed by atoms with Crippen molar-refractivity contribution in [3.63, 3.8) is 0 Å². The highest BCUT2D eigenvalue weighted by molar-refractivity contribution is 7.99. The van der Waals surface area contributed by atoms with E-state index >= 15 is 0 Å². The fourth-order valence-electron chi connectivity index (χ4n) is 7.28.